The maximum absolute atomic E-state index is 6.62. The maximum atomic E-state index is 6.62. The predicted octanol–water partition coefficient (Wildman–Crippen LogP) is 4.26. The fraction of sp³-hybridized carbons (Fsp3) is 0.375. The molecule has 1 aromatic heterocycles. The maximum Gasteiger partial charge on any atom is 0.0401 e. The van der Waals surface area contributed by atoms with Gasteiger partial charge in [0.2, 0.25) is 0 Å². The van der Waals surface area contributed by atoms with Gasteiger partial charge in [0.25, 0.3) is 0 Å². The van der Waals surface area contributed by atoms with E-state index in [0.717, 1.165) is 0 Å². The molecule has 1 aromatic carbocycles. The number of nitrogens with two attached hydrogens (primary N) is 1. The molecule has 0 bridgehead atoms. The van der Waals surface area contributed by atoms with Gasteiger partial charge in [-0.15, -0.1) is 0 Å². The average Bonchev–Trinajstić information content (AvgIpc) is 3.11. The molecule has 0 radical (unpaired) electrons. The minimum absolute atomic E-state index is 0.133. The molecule has 2 heteroatoms. The first kappa shape index (κ1) is 11.9. The normalized spacial score (nSPS) is 19.8. The Morgan fingerprint density at radius 2 is 1.78 bits per heavy atom. The van der Waals surface area contributed by atoms with Gasteiger partial charge >= 0.3 is 0 Å². The van der Waals surface area contributed by atoms with Crippen LogP contribution < -0.4 is 5.73 Å². The summed E-state index contributed by atoms with van der Waals surface area (Å²) >= 11 is 1.74. The molecule has 1 atom stereocenters. The van der Waals surface area contributed by atoms with E-state index < -0.39 is 0 Å². The van der Waals surface area contributed by atoms with Gasteiger partial charge in [0.1, 0.15) is 0 Å². The van der Waals surface area contributed by atoms with Crippen LogP contribution in [0.5, 0.6) is 0 Å². The van der Waals surface area contributed by atoms with Crippen LogP contribution in [0.2, 0.25) is 0 Å². The molecule has 0 aliphatic heterocycles. The lowest BCUT2D eigenvalue weighted by molar-refractivity contribution is 0.357. The van der Waals surface area contributed by atoms with Crippen LogP contribution in [0.25, 0.3) is 0 Å². The van der Waals surface area contributed by atoms with Crippen LogP contribution in [0.1, 0.15) is 42.9 Å². The summed E-state index contributed by atoms with van der Waals surface area (Å²) in [5.74, 6) is 0. The second kappa shape index (κ2) is 4.87. The lowest BCUT2D eigenvalue weighted by Gasteiger charge is -2.35. The summed E-state index contributed by atoms with van der Waals surface area (Å²) in [6, 6.07) is 13.2. The summed E-state index contributed by atoms with van der Waals surface area (Å²) < 4.78 is 0. The topological polar surface area (TPSA) is 26.0 Å². The molecule has 1 saturated carbocycles. The van der Waals surface area contributed by atoms with Crippen molar-refractivity contribution in [1.82, 2.24) is 0 Å². The summed E-state index contributed by atoms with van der Waals surface area (Å²) in [4.78, 5) is 0. The van der Waals surface area contributed by atoms with E-state index in [-0.39, 0.29) is 11.5 Å². The summed E-state index contributed by atoms with van der Waals surface area (Å²) in [5, 5.41) is 4.33. The number of rotatable bonds is 3. The fourth-order valence-electron chi connectivity index (χ4n) is 3.33. The van der Waals surface area contributed by atoms with E-state index in [0.29, 0.717) is 0 Å². The molecule has 1 aliphatic rings. The van der Waals surface area contributed by atoms with Gasteiger partial charge in [-0.2, -0.15) is 11.3 Å². The van der Waals surface area contributed by atoms with Gasteiger partial charge in [-0.05, 0) is 40.8 Å². The minimum atomic E-state index is 0.133. The molecular weight excluding hydrogens is 238 g/mol. The van der Waals surface area contributed by atoms with Crippen LogP contribution in [0.15, 0.2) is 47.2 Å². The van der Waals surface area contributed by atoms with E-state index in [4.69, 9.17) is 5.73 Å². The van der Waals surface area contributed by atoms with Gasteiger partial charge in [-0.3, -0.25) is 0 Å². The monoisotopic (exact) mass is 257 g/mol. The molecule has 1 aliphatic carbocycles. The minimum Gasteiger partial charge on any atom is -0.323 e. The quantitative estimate of drug-likeness (QED) is 0.873. The van der Waals surface area contributed by atoms with E-state index in [9.17, 15) is 0 Å². The third-order valence-corrected chi connectivity index (χ3v) is 5.04. The van der Waals surface area contributed by atoms with Crippen molar-refractivity contribution in [2.45, 2.75) is 37.1 Å². The molecule has 18 heavy (non-hydrogen) atoms. The van der Waals surface area contributed by atoms with Crippen LogP contribution >= 0.6 is 11.3 Å². The number of hydrogen-bond acceptors (Lipinski definition) is 2. The largest absolute Gasteiger partial charge is 0.323 e. The van der Waals surface area contributed by atoms with E-state index in [1.165, 1.54) is 36.8 Å². The predicted molar refractivity (Wildman–Crippen MR) is 77.8 cm³/mol. The summed E-state index contributed by atoms with van der Waals surface area (Å²) in [6.45, 7) is 0. The molecule has 3 rings (SSSR count). The van der Waals surface area contributed by atoms with E-state index in [2.05, 4.69) is 47.2 Å². The zero-order valence-electron chi connectivity index (χ0n) is 10.5. The number of thiophene rings is 1. The highest BCUT2D eigenvalue weighted by Gasteiger charge is 2.41. The van der Waals surface area contributed by atoms with Crippen LogP contribution in [-0.4, -0.2) is 0 Å². The van der Waals surface area contributed by atoms with E-state index in [1.54, 1.807) is 11.3 Å². The molecule has 2 aromatic rings. The van der Waals surface area contributed by atoms with Gasteiger partial charge in [0.05, 0.1) is 0 Å². The van der Waals surface area contributed by atoms with Crippen molar-refractivity contribution in [3.63, 3.8) is 0 Å². The third kappa shape index (κ3) is 1.90. The van der Waals surface area contributed by atoms with Crippen LogP contribution in [0, 0.1) is 0 Å². The Balaban J connectivity index is 2.02. The summed E-state index contributed by atoms with van der Waals surface area (Å²) in [6.07, 6.45) is 5.03. The number of hydrogen-bond donors (Lipinski definition) is 1. The van der Waals surface area contributed by atoms with Crippen molar-refractivity contribution in [3.05, 3.63) is 58.3 Å². The Bertz CT molecular complexity index is 483. The molecule has 0 saturated heterocycles. The van der Waals surface area contributed by atoms with Gasteiger partial charge < -0.3 is 5.73 Å². The van der Waals surface area contributed by atoms with Crippen molar-refractivity contribution in [2.24, 2.45) is 5.73 Å². The first-order chi connectivity index (χ1) is 8.83. The zero-order chi connectivity index (χ0) is 12.4. The van der Waals surface area contributed by atoms with Crippen molar-refractivity contribution < 1.29 is 0 Å². The van der Waals surface area contributed by atoms with Gasteiger partial charge in [-0.25, -0.2) is 0 Å². The average molecular weight is 257 g/mol. The molecule has 2 N–H and O–H groups in total. The van der Waals surface area contributed by atoms with Crippen LogP contribution in [0.3, 0.4) is 0 Å². The Kier molecular flexibility index (Phi) is 3.23. The highest BCUT2D eigenvalue weighted by atomic mass is 32.1. The second-order valence-corrected chi connectivity index (χ2v) is 6.04. The van der Waals surface area contributed by atoms with Crippen molar-refractivity contribution in [1.29, 1.82) is 0 Å². The molecular formula is C16H19NS. The molecule has 1 fully saturated rings. The Morgan fingerprint density at radius 1 is 1.06 bits per heavy atom. The van der Waals surface area contributed by atoms with Gasteiger partial charge in [-0.1, -0.05) is 43.2 Å². The highest BCUT2D eigenvalue weighted by molar-refractivity contribution is 7.07. The van der Waals surface area contributed by atoms with Gasteiger partial charge in [0, 0.05) is 11.5 Å². The molecule has 1 unspecified atom stereocenters. The van der Waals surface area contributed by atoms with Gasteiger partial charge in [0.15, 0.2) is 0 Å². The van der Waals surface area contributed by atoms with Crippen LogP contribution in [-0.2, 0) is 5.41 Å². The molecule has 0 amide bonds. The fourth-order valence-corrected chi connectivity index (χ4v) is 4.02. The van der Waals surface area contributed by atoms with Crippen molar-refractivity contribution in [2.75, 3.05) is 0 Å². The smallest absolute Gasteiger partial charge is 0.0401 e. The van der Waals surface area contributed by atoms with Crippen LogP contribution in [0.4, 0.5) is 0 Å². The second-order valence-electron chi connectivity index (χ2n) is 5.26. The Hall–Kier alpha value is -1.12. The first-order valence-corrected chi connectivity index (χ1v) is 7.60. The Labute approximate surface area is 113 Å². The SMILES string of the molecule is NC(c1ccsc1)C1(c2ccccc2)CCCC1. The molecule has 1 nitrogen and oxygen atoms in total. The molecule has 0 spiro atoms. The standard InChI is InChI=1S/C16H19NS/c17-15(13-8-11-18-12-13)16(9-4-5-10-16)14-6-2-1-3-7-14/h1-3,6-8,11-12,15H,4-5,9-10,17H2. The third-order valence-electron chi connectivity index (χ3n) is 4.34. The zero-order valence-corrected chi connectivity index (χ0v) is 11.3. The Morgan fingerprint density at radius 3 is 2.39 bits per heavy atom. The lowest BCUT2D eigenvalue weighted by atomic mass is 9.71. The highest BCUT2D eigenvalue weighted by Crippen LogP contribution is 2.48. The van der Waals surface area contributed by atoms with E-state index >= 15 is 0 Å². The first-order valence-electron chi connectivity index (χ1n) is 6.66. The van der Waals surface area contributed by atoms with Crippen molar-refractivity contribution >= 4 is 11.3 Å². The molecule has 94 valence electrons. The summed E-state index contributed by atoms with van der Waals surface area (Å²) in [7, 11) is 0. The molecule has 1 heterocycles. The van der Waals surface area contributed by atoms with Crippen molar-refractivity contribution in [3.8, 4) is 0 Å². The summed E-state index contributed by atoms with van der Waals surface area (Å²) in [5.41, 5.74) is 9.49. The number of benzene rings is 1. The van der Waals surface area contributed by atoms with E-state index in [1.807, 2.05) is 0 Å². The lowest BCUT2D eigenvalue weighted by Crippen LogP contribution is -2.36.